The largest absolute Gasteiger partial charge is 0.489 e. The molecule has 1 N–H and O–H groups in total. The highest BCUT2D eigenvalue weighted by Gasteiger charge is 2.14. The lowest BCUT2D eigenvalue weighted by molar-refractivity contribution is 0.102. The van der Waals surface area contributed by atoms with E-state index in [2.05, 4.69) is 16.3 Å². The summed E-state index contributed by atoms with van der Waals surface area (Å²) in [6, 6.07) is 25.4. The molecule has 3 aromatic rings. The summed E-state index contributed by atoms with van der Waals surface area (Å²) in [6.07, 6.45) is 0. The highest BCUT2D eigenvalue weighted by molar-refractivity contribution is 7.99. The van der Waals surface area contributed by atoms with Crippen molar-refractivity contribution in [3.8, 4) is 5.75 Å². The van der Waals surface area contributed by atoms with Crippen LogP contribution in [0, 0.1) is 0 Å². The van der Waals surface area contributed by atoms with Gasteiger partial charge in [0.2, 0.25) is 0 Å². The zero-order valence-electron chi connectivity index (χ0n) is 16.9. The first-order valence-corrected chi connectivity index (χ1v) is 11.4. The summed E-state index contributed by atoms with van der Waals surface area (Å²) in [5.41, 5.74) is 3.76. The Labute approximate surface area is 182 Å². The number of thioether (sulfide) groups is 1. The first-order valence-electron chi connectivity index (χ1n) is 10.2. The summed E-state index contributed by atoms with van der Waals surface area (Å²) >= 11 is 2.00. The van der Waals surface area contributed by atoms with Gasteiger partial charge < -0.3 is 10.1 Å². The van der Waals surface area contributed by atoms with E-state index in [9.17, 15) is 4.79 Å². The first kappa shape index (κ1) is 20.5. The fraction of sp³-hybridized carbons (Fsp3) is 0.240. The average Bonchev–Trinajstić information content (AvgIpc) is 2.81. The monoisotopic (exact) mass is 418 g/mol. The molecule has 0 unspecified atom stereocenters. The standard InChI is InChI=1S/C25H26N2O2S/c28-25(21-10-12-23(13-11-21)29-19-20-6-2-1-3-7-20)26-24-9-5-4-8-22(24)18-27-14-16-30-17-15-27/h1-13H,14-19H2,(H,26,28). The fourth-order valence-electron chi connectivity index (χ4n) is 3.42. The maximum atomic E-state index is 12.8. The number of carbonyl (C=O) groups excluding carboxylic acids is 1. The molecule has 0 radical (unpaired) electrons. The normalized spacial score (nSPS) is 14.3. The number of benzene rings is 3. The second kappa shape index (κ2) is 10.3. The van der Waals surface area contributed by atoms with Crippen molar-refractivity contribution in [1.82, 2.24) is 4.90 Å². The summed E-state index contributed by atoms with van der Waals surface area (Å²) < 4.78 is 5.81. The zero-order valence-corrected chi connectivity index (χ0v) is 17.7. The van der Waals surface area contributed by atoms with Gasteiger partial charge in [0.05, 0.1) is 0 Å². The van der Waals surface area contributed by atoms with Crippen molar-refractivity contribution in [3.63, 3.8) is 0 Å². The third-order valence-corrected chi connectivity index (χ3v) is 6.07. The molecule has 0 saturated carbocycles. The third kappa shape index (κ3) is 5.65. The van der Waals surface area contributed by atoms with Crippen molar-refractivity contribution in [2.45, 2.75) is 13.2 Å². The minimum atomic E-state index is -0.105. The lowest BCUT2D eigenvalue weighted by Crippen LogP contribution is -2.32. The molecule has 3 aromatic carbocycles. The third-order valence-electron chi connectivity index (χ3n) is 5.13. The lowest BCUT2D eigenvalue weighted by Gasteiger charge is -2.27. The van der Waals surface area contributed by atoms with Crippen LogP contribution in [-0.2, 0) is 13.2 Å². The molecular formula is C25H26N2O2S. The van der Waals surface area contributed by atoms with E-state index in [0.29, 0.717) is 12.2 Å². The van der Waals surface area contributed by atoms with E-state index in [0.717, 1.165) is 42.2 Å². The van der Waals surface area contributed by atoms with Crippen LogP contribution in [0.3, 0.4) is 0 Å². The molecule has 1 fully saturated rings. The molecule has 154 valence electrons. The van der Waals surface area contributed by atoms with E-state index in [4.69, 9.17) is 4.74 Å². The van der Waals surface area contributed by atoms with Gasteiger partial charge in [0.25, 0.3) is 5.91 Å². The highest BCUT2D eigenvalue weighted by atomic mass is 32.2. The van der Waals surface area contributed by atoms with Crippen LogP contribution < -0.4 is 10.1 Å². The minimum absolute atomic E-state index is 0.105. The van der Waals surface area contributed by atoms with E-state index in [1.165, 1.54) is 11.5 Å². The molecule has 0 spiro atoms. The maximum absolute atomic E-state index is 12.8. The van der Waals surface area contributed by atoms with Crippen LogP contribution in [0.2, 0.25) is 0 Å². The first-order chi connectivity index (χ1) is 14.8. The van der Waals surface area contributed by atoms with E-state index in [1.54, 1.807) is 12.1 Å². The zero-order chi connectivity index (χ0) is 20.6. The van der Waals surface area contributed by atoms with Gasteiger partial charge >= 0.3 is 0 Å². The summed E-state index contributed by atoms with van der Waals surface area (Å²) in [6.45, 7) is 3.56. The van der Waals surface area contributed by atoms with Crippen molar-refractivity contribution in [1.29, 1.82) is 0 Å². The molecule has 1 amide bonds. The van der Waals surface area contributed by atoms with Gasteiger partial charge in [-0.3, -0.25) is 9.69 Å². The van der Waals surface area contributed by atoms with Crippen LogP contribution in [0.4, 0.5) is 5.69 Å². The number of amides is 1. The fourth-order valence-corrected chi connectivity index (χ4v) is 4.40. The van der Waals surface area contributed by atoms with Crippen LogP contribution in [0.1, 0.15) is 21.5 Å². The molecule has 1 aliphatic heterocycles. The predicted octanol–water partition coefficient (Wildman–Crippen LogP) is 5.07. The Morgan fingerprint density at radius 2 is 1.60 bits per heavy atom. The quantitative estimate of drug-likeness (QED) is 0.582. The van der Waals surface area contributed by atoms with E-state index in [-0.39, 0.29) is 5.91 Å². The Morgan fingerprint density at radius 3 is 2.37 bits per heavy atom. The number of ether oxygens (including phenoxy) is 1. The molecule has 0 atom stereocenters. The number of hydrogen-bond acceptors (Lipinski definition) is 4. The molecule has 30 heavy (non-hydrogen) atoms. The van der Waals surface area contributed by atoms with Gasteiger partial charge in [-0.25, -0.2) is 0 Å². The van der Waals surface area contributed by atoms with Gasteiger partial charge in [-0.15, -0.1) is 0 Å². The SMILES string of the molecule is O=C(Nc1ccccc1CN1CCSCC1)c1ccc(OCc2ccccc2)cc1. The molecule has 0 aliphatic carbocycles. The van der Waals surface area contributed by atoms with Crippen LogP contribution in [-0.4, -0.2) is 35.4 Å². The van der Waals surface area contributed by atoms with Crippen molar-refractivity contribution >= 4 is 23.4 Å². The average molecular weight is 419 g/mol. The Balaban J connectivity index is 1.37. The number of rotatable bonds is 7. The summed E-state index contributed by atoms with van der Waals surface area (Å²) in [5, 5.41) is 3.08. The van der Waals surface area contributed by atoms with Gasteiger partial charge in [0.15, 0.2) is 0 Å². The van der Waals surface area contributed by atoms with Crippen molar-refractivity contribution in [2.24, 2.45) is 0 Å². The van der Waals surface area contributed by atoms with Crippen LogP contribution in [0.25, 0.3) is 0 Å². The highest BCUT2D eigenvalue weighted by Crippen LogP contribution is 2.21. The Bertz CT molecular complexity index is 954. The van der Waals surface area contributed by atoms with E-state index >= 15 is 0 Å². The second-order valence-electron chi connectivity index (χ2n) is 7.30. The number of para-hydroxylation sites is 1. The number of nitrogens with one attached hydrogen (secondary N) is 1. The summed E-state index contributed by atoms with van der Waals surface area (Å²) in [5.74, 6) is 2.99. The smallest absolute Gasteiger partial charge is 0.255 e. The van der Waals surface area contributed by atoms with Crippen molar-refractivity contribution in [3.05, 3.63) is 95.6 Å². The molecule has 1 saturated heterocycles. The van der Waals surface area contributed by atoms with E-state index < -0.39 is 0 Å². The van der Waals surface area contributed by atoms with Crippen LogP contribution >= 0.6 is 11.8 Å². The van der Waals surface area contributed by atoms with E-state index in [1.807, 2.05) is 72.4 Å². The van der Waals surface area contributed by atoms with Crippen molar-refractivity contribution in [2.75, 3.05) is 29.9 Å². The topological polar surface area (TPSA) is 41.6 Å². The molecule has 4 rings (SSSR count). The molecule has 1 aliphatic rings. The maximum Gasteiger partial charge on any atom is 0.255 e. The van der Waals surface area contributed by atoms with Crippen LogP contribution in [0.5, 0.6) is 5.75 Å². The van der Waals surface area contributed by atoms with Gasteiger partial charge in [0.1, 0.15) is 12.4 Å². The Kier molecular flexibility index (Phi) is 7.06. The summed E-state index contributed by atoms with van der Waals surface area (Å²) in [4.78, 5) is 15.2. The summed E-state index contributed by atoms with van der Waals surface area (Å²) in [7, 11) is 0. The molecular weight excluding hydrogens is 392 g/mol. The predicted molar refractivity (Wildman–Crippen MR) is 124 cm³/mol. The van der Waals surface area contributed by atoms with Crippen LogP contribution in [0.15, 0.2) is 78.9 Å². The number of nitrogens with zero attached hydrogens (tertiary/aromatic N) is 1. The van der Waals surface area contributed by atoms with Gasteiger partial charge in [0, 0.05) is 42.4 Å². The number of anilines is 1. The number of carbonyl (C=O) groups is 1. The Morgan fingerprint density at radius 1 is 0.900 bits per heavy atom. The Hall–Kier alpha value is -2.76. The van der Waals surface area contributed by atoms with Gasteiger partial charge in [-0.2, -0.15) is 11.8 Å². The minimum Gasteiger partial charge on any atom is -0.489 e. The molecule has 5 heteroatoms. The molecule has 0 aromatic heterocycles. The molecule has 4 nitrogen and oxygen atoms in total. The second-order valence-corrected chi connectivity index (χ2v) is 8.52. The molecule has 0 bridgehead atoms. The molecule has 1 heterocycles. The van der Waals surface area contributed by atoms with Gasteiger partial charge in [-0.05, 0) is 41.5 Å². The lowest BCUT2D eigenvalue weighted by atomic mass is 10.1. The van der Waals surface area contributed by atoms with Crippen molar-refractivity contribution < 1.29 is 9.53 Å². The number of hydrogen-bond donors (Lipinski definition) is 1. The van der Waals surface area contributed by atoms with Gasteiger partial charge in [-0.1, -0.05) is 48.5 Å².